The summed E-state index contributed by atoms with van der Waals surface area (Å²) in [5.41, 5.74) is 2.22. The van der Waals surface area contributed by atoms with Crippen LogP contribution in [0.25, 0.3) is 11.0 Å². The molecule has 0 atom stereocenters. The highest BCUT2D eigenvalue weighted by Crippen LogP contribution is 2.31. The molecule has 0 saturated carbocycles. The predicted molar refractivity (Wildman–Crippen MR) is 108 cm³/mol. The van der Waals surface area contributed by atoms with Crippen molar-refractivity contribution < 1.29 is 23.4 Å². The van der Waals surface area contributed by atoms with Crippen LogP contribution in [0.5, 0.6) is 17.2 Å². The maximum atomic E-state index is 12.6. The zero-order valence-corrected chi connectivity index (χ0v) is 16.4. The third-order valence-corrected chi connectivity index (χ3v) is 5.01. The molecule has 29 heavy (non-hydrogen) atoms. The van der Waals surface area contributed by atoms with E-state index in [0.29, 0.717) is 47.2 Å². The fourth-order valence-corrected chi connectivity index (χ4v) is 3.42. The van der Waals surface area contributed by atoms with Gasteiger partial charge in [0.2, 0.25) is 0 Å². The molecule has 0 amide bonds. The van der Waals surface area contributed by atoms with Gasteiger partial charge in [0.1, 0.15) is 11.3 Å². The predicted octanol–water partition coefficient (Wildman–Crippen LogP) is 4.09. The minimum Gasteiger partial charge on any atom is -0.490 e. The average Bonchev–Trinajstić information content (AvgIpc) is 2.97. The Labute approximate surface area is 168 Å². The highest BCUT2D eigenvalue weighted by atomic mass is 16.5. The van der Waals surface area contributed by atoms with Crippen LogP contribution in [0.2, 0.25) is 0 Å². The van der Waals surface area contributed by atoms with Gasteiger partial charge in [-0.25, -0.2) is 4.79 Å². The number of Topliss-reactive ketones (excluding diaryl/α,β-unsaturated/α-hetero) is 1. The van der Waals surface area contributed by atoms with Crippen LogP contribution in [0.1, 0.15) is 34.8 Å². The molecule has 0 N–H and O–H groups in total. The number of ketones is 1. The number of benzene rings is 2. The second-order valence-electron chi connectivity index (χ2n) is 6.93. The van der Waals surface area contributed by atoms with Gasteiger partial charge in [-0.05, 0) is 49.2 Å². The van der Waals surface area contributed by atoms with E-state index in [4.69, 9.17) is 18.6 Å². The summed E-state index contributed by atoms with van der Waals surface area (Å²) in [6, 6.07) is 10.3. The van der Waals surface area contributed by atoms with Gasteiger partial charge in [0.15, 0.2) is 23.9 Å². The van der Waals surface area contributed by atoms with Crippen molar-refractivity contribution in [2.45, 2.75) is 26.7 Å². The molecule has 0 bridgehead atoms. The SMILES string of the molecule is CCc1cc(=O)oc2c(C)c(OCC(=O)c3ccc4c(c3)OCCCO4)ccc12. The maximum absolute atomic E-state index is 12.6. The molecule has 150 valence electrons. The average molecular weight is 394 g/mol. The number of carbonyl (C=O) groups is 1. The number of rotatable bonds is 5. The number of ether oxygens (including phenoxy) is 3. The molecule has 2 heterocycles. The summed E-state index contributed by atoms with van der Waals surface area (Å²) in [6.45, 7) is 4.83. The zero-order chi connectivity index (χ0) is 20.4. The number of aryl methyl sites for hydroxylation is 2. The summed E-state index contributed by atoms with van der Waals surface area (Å²) in [5, 5.41) is 0.881. The normalized spacial score (nSPS) is 13.2. The van der Waals surface area contributed by atoms with Crippen molar-refractivity contribution in [1.29, 1.82) is 0 Å². The molecule has 0 spiro atoms. The van der Waals surface area contributed by atoms with Crippen LogP contribution < -0.4 is 19.8 Å². The van der Waals surface area contributed by atoms with Crippen LogP contribution in [0, 0.1) is 6.92 Å². The van der Waals surface area contributed by atoms with E-state index in [1.54, 1.807) is 24.3 Å². The van der Waals surface area contributed by atoms with E-state index < -0.39 is 5.63 Å². The van der Waals surface area contributed by atoms with Gasteiger partial charge in [0.25, 0.3) is 0 Å². The fraction of sp³-hybridized carbons (Fsp3) is 0.304. The number of hydrogen-bond acceptors (Lipinski definition) is 6. The van der Waals surface area contributed by atoms with Gasteiger partial charge in [-0.2, -0.15) is 0 Å². The monoisotopic (exact) mass is 394 g/mol. The summed E-state index contributed by atoms with van der Waals surface area (Å²) < 4.78 is 22.4. The molecule has 3 aromatic rings. The summed E-state index contributed by atoms with van der Waals surface area (Å²) in [5.74, 6) is 1.55. The first-order valence-corrected chi connectivity index (χ1v) is 9.69. The quantitative estimate of drug-likeness (QED) is 0.479. The number of carbonyl (C=O) groups excluding carboxylic acids is 1. The third-order valence-electron chi connectivity index (χ3n) is 5.01. The Balaban J connectivity index is 1.55. The molecule has 1 aliphatic rings. The Morgan fingerprint density at radius 1 is 1.07 bits per heavy atom. The summed E-state index contributed by atoms with van der Waals surface area (Å²) in [6.07, 6.45) is 1.53. The van der Waals surface area contributed by atoms with Crippen LogP contribution in [-0.2, 0) is 6.42 Å². The van der Waals surface area contributed by atoms with Crippen molar-refractivity contribution in [2.75, 3.05) is 19.8 Å². The third kappa shape index (κ3) is 3.83. The van der Waals surface area contributed by atoms with E-state index >= 15 is 0 Å². The minimum absolute atomic E-state index is 0.135. The molecule has 6 heteroatoms. The first-order valence-electron chi connectivity index (χ1n) is 9.69. The lowest BCUT2D eigenvalue weighted by Gasteiger charge is -2.12. The lowest BCUT2D eigenvalue weighted by atomic mass is 10.0. The first kappa shape index (κ1) is 19.1. The molecular weight excluding hydrogens is 372 g/mol. The van der Waals surface area contributed by atoms with E-state index in [-0.39, 0.29) is 12.4 Å². The molecule has 6 nitrogen and oxygen atoms in total. The van der Waals surface area contributed by atoms with Crippen LogP contribution in [0.3, 0.4) is 0 Å². The van der Waals surface area contributed by atoms with Gasteiger partial charge in [-0.1, -0.05) is 6.92 Å². The molecule has 0 fully saturated rings. The van der Waals surface area contributed by atoms with Gasteiger partial charge in [0, 0.05) is 29.0 Å². The standard InChI is InChI=1S/C23H22O6/c1-3-15-12-22(25)29-23-14(2)19(8-6-17(15)23)28-13-18(24)16-5-7-20-21(11-16)27-10-4-9-26-20/h5-8,11-12H,3-4,9-10,13H2,1-2H3. The van der Waals surface area contributed by atoms with E-state index in [2.05, 4.69) is 0 Å². The second-order valence-corrected chi connectivity index (χ2v) is 6.93. The van der Waals surface area contributed by atoms with Crippen molar-refractivity contribution in [3.05, 3.63) is 63.5 Å². The van der Waals surface area contributed by atoms with Gasteiger partial charge in [-0.3, -0.25) is 4.79 Å². The lowest BCUT2D eigenvalue weighted by Crippen LogP contribution is -2.12. The van der Waals surface area contributed by atoms with Crippen molar-refractivity contribution in [3.8, 4) is 17.2 Å². The molecule has 1 aliphatic heterocycles. The number of fused-ring (bicyclic) bond motifs is 2. The lowest BCUT2D eigenvalue weighted by molar-refractivity contribution is 0.0920. The van der Waals surface area contributed by atoms with Gasteiger partial charge in [-0.15, -0.1) is 0 Å². The van der Waals surface area contributed by atoms with Crippen molar-refractivity contribution in [3.63, 3.8) is 0 Å². The van der Waals surface area contributed by atoms with Crippen LogP contribution in [0.4, 0.5) is 0 Å². The first-order chi connectivity index (χ1) is 14.1. The molecular formula is C23H22O6. The summed E-state index contributed by atoms with van der Waals surface area (Å²) in [4.78, 5) is 24.5. The van der Waals surface area contributed by atoms with Crippen molar-refractivity contribution in [2.24, 2.45) is 0 Å². The van der Waals surface area contributed by atoms with Crippen molar-refractivity contribution in [1.82, 2.24) is 0 Å². The Hall–Kier alpha value is -3.28. The minimum atomic E-state index is -0.391. The fourth-order valence-electron chi connectivity index (χ4n) is 3.42. The topological polar surface area (TPSA) is 75.0 Å². The zero-order valence-electron chi connectivity index (χ0n) is 16.4. The van der Waals surface area contributed by atoms with Gasteiger partial charge in [0.05, 0.1) is 13.2 Å². The molecule has 0 unspecified atom stereocenters. The van der Waals surface area contributed by atoms with Crippen molar-refractivity contribution >= 4 is 16.8 Å². The molecule has 0 saturated heterocycles. The van der Waals surface area contributed by atoms with Gasteiger partial charge < -0.3 is 18.6 Å². The molecule has 0 radical (unpaired) electrons. The van der Waals surface area contributed by atoms with E-state index in [9.17, 15) is 9.59 Å². The van der Waals surface area contributed by atoms with E-state index in [1.807, 2.05) is 19.9 Å². The van der Waals surface area contributed by atoms with Crippen LogP contribution >= 0.6 is 0 Å². The van der Waals surface area contributed by atoms with E-state index in [1.165, 1.54) is 6.07 Å². The maximum Gasteiger partial charge on any atom is 0.336 e. The highest BCUT2D eigenvalue weighted by Gasteiger charge is 2.16. The Morgan fingerprint density at radius 2 is 1.86 bits per heavy atom. The Bertz CT molecular complexity index is 1130. The molecule has 4 rings (SSSR count). The number of hydrogen-bond donors (Lipinski definition) is 0. The highest BCUT2D eigenvalue weighted by molar-refractivity contribution is 5.98. The Kier molecular flexibility index (Phi) is 5.25. The van der Waals surface area contributed by atoms with E-state index in [0.717, 1.165) is 23.8 Å². The van der Waals surface area contributed by atoms with Gasteiger partial charge >= 0.3 is 5.63 Å². The van der Waals surface area contributed by atoms with Crippen LogP contribution in [-0.4, -0.2) is 25.6 Å². The Morgan fingerprint density at radius 3 is 2.66 bits per heavy atom. The largest absolute Gasteiger partial charge is 0.490 e. The molecule has 0 aliphatic carbocycles. The van der Waals surface area contributed by atoms with Crippen LogP contribution in [0.15, 0.2) is 45.6 Å². The second kappa shape index (κ2) is 7.99. The summed E-state index contributed by atoms with van der Waals surface area (Å²) in [7, 11) is 0. The summed E-state index contributed by atoms with van der Waals surface area (Å²) >= 11 is 0. The molecule has 1 aromatic heterocycles. The smallest absolute Gasteiger partial charge is 0.336 e. The molecule has 2 aromatic carbocycles.